The van der Waals surface area contributed by atoms with Gasteiger partial charge in [-0.25, -0.2) is 4.98 Å². The number of hydrogen-bond donors (Lipinski definition) is 2. The number of pyridine rings is 1. The fourth-order valence-electron chi connectivity index (χ4n) is 1.90. The van der Waals surface area contributed by atoms with Crippen molar-refractivity contribution >= 4 is 17.4 Å². The molecule has 1 aliphatic rings. The zero-order valence-corrected chi connectivity index (χ0v) is 9.91. The molecule has 0 aliphatic carbocycles. The standard InChI is InChI=1S/C11H15ClN2O2/c1-11(16)4-5-14(7-11)10-3-2-8(12)9(6-15)13-10/h2-3,15-16H,4-7H2,1H3. The lowest BCUT2D eigenvalue weighted by molar-refractivity contribution is 0.0839. The molecule has 1 aliphatic heterocycles. The SMILES string of the molecule is CC1(O)CCN(c2ccc(Cl)c(CO)n2)C1. The van der Waals surface area contributed by atoms with E-state index in [4.69, 9.17) is 16.7 Å². The van der Waals surface area contributed by atoms with E-state index in [1.807, 2.05) is 17.9 Å². The molecule has 2 rings (SSSR count). The van der Waals surface area contributed by atoms with Crippen LogP contribution in [-0.2, 0) is 6.61 Å². The molecule has 2 N–H and O–H groups in total. The lowest BCUT2D eigenvalue weighted by atomic mass is 10.1. The van der Waals surface area contributed by atoms with Crippen LogP contribution in [0.3, 0.4) is 0 Å². The topological polar surface area (TPSA) is 56.6 Å². The highest BCUT2D eigenvalue weighted by Crippen LogP contribution is 2.26. The van der Waals surface area contributed by atoms with Gasteiger partial charge in [-0.1, -0.05) is 11.6 Å². The van der Waals surface area contributed by atoms with E-state index in [-0.39, 0.29) is 6.61 Å². The predicted molar refractivity (Wildman–Crippen MR) is 62.6 cm³/mol. The van der Waals surface area contributed by atoms with Crippen molar-refractivity contribution in [3.8, 4) is 0 Å². The van der Waals surface area contributed by atoms with E-state index in [0.717, 1.165) is 18.8 Å². The molecule has 0 saturated carbocycles. The first-order chi connectivity index (χ1) is 7.52. The fourth-order valence-corrected chi connectivity index (χ4v) is 2.07. The van der Waals surface area contributed by atoms with E-state index in [1.165, 1.54) is 0 Å². The Morgan fingerprint density at radius 1 is 1.56 bits per heavy atom. The Labute approximate surface area is 99.5 Å². The van der Waals surface area contributed by atoms with Gasteiger partial charge in [-0.3, -0.25) is 0 Å². The van der Waals surface area contributed by atoms with Crippen molar-refractivity contribution < 1.29 is 10.2 Å². The van der Waals surface area contributed by atoms with Crippen LogP contribution in [0.25, 0.3) is 0 Å². The Morgan fingerprint density at radius 2 is 2.31 bits per heavy atom. The zero-order valence-electron chi connectivity index (χ0n) is 9.15. The monoisotopic (exact) mass is 242 g/mol. The largest absolute Gasteiger partial charge is 0.390 e. The van der Waals surface area contributed by atoms with E-state index in [1.54, 1.807) is 6.07 Å². The summed E-state index contributed by atoms with van der Waals surface area (Å²) >= 11 is 5.87. The number of rotatable bonds is 2. The van der Waals surface area contributed by atoms with Gasteiger partial charge in [0.15, 0.2) is 0 Å². The summed E-state index contributed by atoms with van der Waals surface area (Å²) < 4.78 is 0. The van der Waals surface area contributed by atoms with Gasteiger partial charge in [-0.15, -0.1) is 0 Å². The van der Waals surface area contributed by atoms with Crippen LogP contribution in [0.15, 0.2) is 12.1 Å². The number of nitrogens with zero attached hydrogens (tertiary/aromatic N) is 2. The number of anilines is 1. The fraction of sp³-hybridized carbons (Fsp3) is 0.545. The summed E-state index contributed by atoms with van der Waals surface area (Å²) in [5.41, 5.74) is -0.175. The number of aromatic nitrogens is 1. The van der Waals surface area contributed by atoms with Gasteiger partial charge in [0.2, 0.25) is 0 Å². The highest BCUT2D eigenvalue weighted by Gasteiger charge is 2.32. The number of hydrogen-bond acceptors (Lipinski definition) is 4. The Bertz CT molecular complexity index is 396. The lowest BCUT2D eigenvalue weighted by Gasteiger charge is -2.20. The molecule has 1 atom stereocenters. The summed E-state index contributed by atoms with van der Waals surface area (Å²) in [4.78, 5) is 6.27. The van der Waals surface area contributed by atoms with Crippen molar-refractivity contribution in [3.05, 3.63) is 22.8 Å². The van der Waals surface area contributed by atoms with Crippen LogP contribution < -0.4 is 4.90 Å². The highest BCUT2D eigenvalue weighted by atomic mass is 35.5. The number of aliphatic hydroxyl groups excluding tert-OH is 1. The summed E-state index contributed by atoms with van der Waals surface area (Å²) in [5, 5.41) is 19.4. The molecule has 1 fully saturated rings. The molecule has 1 aromatic rings. The normalized spacial score (nSPS) is 25.1. The molecule has 5 heteroatoms. The molecule has 0 aromatic carbocycles. The van der Waals surface area contributed by atoms with Crippen LogP contribution >= 0.6 is 11.6 Å². The van der Waals surface area contributed by atoms with Gasteiger partial charge >= 0.3 is 0 Å². The minimum absolute atomic E-state index is 0.170. The van der Waals surface area contributed by atoms with Crippen LogP contribution in [-0.4, -0.2) is 33.9 Å². The molecular weight excluding hydrogens is 228 g/mol. The maximum absolute atomic E-state index is 9.86. The van der Waals surface area contributed by atoms with Crippen molar-refractivity contribution in [1.82, 2.24) is 4.98 Å². The summed E-state index contributed by atoms with van der Waals surface area (Å²) in [6.07, 6.45) is 0.728. The Morgan fingerprint density at radius 3 is 2.88 bits per heavy atom. The summed E-state index contributed by atoms with van der Waals surface area (Å²) in [7, 11) is 0. The smallest absolute Gasteiger partial charge is 0.129 e. The van der Waals surface area contributed by atoms with Crippen LogP contribution in [0, 0.1) is 0 Å². The first-order valence-corrected chi connectivity index (χ1v) is 5.63. The van der Waals surface area contributed by atoms with Crippen molar-refractivity contribution in [1.29, 1.82) is 0 Å². The summed E-state index contributed by atoms with van der Waals surface area (Å²) in [6.45, 7) is 2.98. The van der Waals surface area contributed by atoms with Crippen LogP contribution in [0.1, 0.15) is 19.0 Å². The third-order valence-corrected chi connectivity index (χ3v) is 3.17. The molecule has 0 bridgehead atoms. The van der Waals surface area contributed by atoms with E-state index in [2.05, 4.69) is 4.98 Å². The average Bonchev–Trinajstić information content (AvgIpc) is 2.59. The maximum atomic E-state index is 9.86. The Kier molecular flexibility index (Phi) is 3.06. The summed E-state index contributed by atoms with van der Waals surface area (Å²) in [6, 6.07) is 3.53. The first kappa shape index (κ1) is 11.6. The molecule has 0 spiro atoms. The van der Waals surface area contributed by atoms with Gasteiger partial charge in [0, 0.05) is 13.1 Å². The number of halogens is 1. The van der Waals surface area contributed by atoms with Crippen LogP contribution in [0.2, 0.25) is 5.02 Å². The molecule has 0 radical (unpaired) electrons. The van der Waals surface area contributed by atoms with Gasteiger partial charge < -0.3 is 15.1 Å². The second-order valence-corrected chi connectivity index (χ2v) is 4.83. The minimum Gasteiger partial charge on any atom is -0.390 e. The second-order valence-electron chi connectivity index (χ2n) is 4.42. The van der Waals surface area contributed by atoms with E-state index in [9.17, 15) is 5.11 Å². The summed E-state index contributed by atoms with van der Waals surface area (Å²) in [5.74, 6) is 0.756. The second kappa shape index (κ2) is 4.20. The van der Waals surface area contributed by atoms with Gasteiger partial charge in [0.05, 0.1) is 22.9 Å². The van der Waals surface area contributed by atoms with Gasteiger partial charge in [-0.05, 0) is 25.5 Å². The van der Waals surface area contributed by atoms with Crippen molar-refractivity contribution in [2.24, 2.45) is 0 Å². The number of aliphatic hydroxyl groups is 2. The molecule has 1 unspecified atom stereocenters. The maximum Gasteiger partial charge on any atom is 0.129 e. The predicted octanol–water partition coefficient (Wildman–Crippen LogP) is 1.19. The minimum atomic E-state index is -0.652. The number of β-amino-alcohol motifs (C(OH)–C–C–N with tert-alkyl or cyclic N) is 1. The molecule has 88 valence electrons. The molecule has 16 heavy (non-hydrogen) atoms. The third kappa shape index (κ3) is 2.29. The lowest BCUT2D eigenvalue weighted by Crippen LogP contribution is -2.30. The van der Waals surface area contributed by atoms with Gasteiger partial charge in [0.1, 0.15) is 5.82 Å². The van der Waals surface area contributed by atoms with Gasteiger partial charge in [-0.2, -0.15) is 0 Å². The molecule has 4 nitrogen and oxygen atoms in total. The van der Waals surface area contributed by atoms with Crippen molar-refractivity contribution in [3.63, 3.8) is 0 Å². The van der Waals surface area contributed by atoms with Crippen molar-refractivity contribution in [2.45, 2.75) is 25.6 Å². The van der Waals surface area contributed by atoms with Gasteiger partial charge in [0.25, 0.3) is 0 Å². The molecule has 0 amide bonds. The zero-order chi connectivity index (χ0) is 11.8. The van der Waals surface area contributed by atoms with Crippen molar-refractivity contribution in [2.75, 3.05) is 18.0 Å². The first-order valence-electron chi connectivity index (χ1n) is 5.25. The van der Waals surface area contributed by atoms with E-state index in [0.29, 0.717) is 17.3 Å². The Balaban J connectivity index is 2.22. The molecular formula is C11H15ClN2O2. The molecule has 2 heterocycles. The van der Waals surface area contributed by atoms with Crippen LogP contribution in [0.4, 0.5) is 5.82 Å². The Hall–Kier alpha value is -0.840. The van der Waals surface area contributed by atoms with Crippen LogP contribution in [0.5, 0.6) is 0 Å². The van der Waals surface area contributed by atoms with E-state index >= 15 is 0 Å². The third-order valence-electron chi connectivity index (χ3n) is 2.83. The quantitative estimate of drug-likeness (QED) is 0.818. The molecule has 1 saturated heterocycles. The van der Waals surface area contributed by atoms with E-state index < -0.39 is 5.60 Å². The average molecular weight is 243 g/mol. The molecule has 1 aromatic heterocycles. The highest BCUT2D eigenvalue weighted by molar-refractivity contribution is 6.31.